The van der Waals surface area contributed by atoms with Crippen molar-refractivity contribution in [2.24, 2.45) is 0 Å². The van der Waals surface area contributed by atoms with E-state index in [2.05, 4.69) is 10.3 Å². The van der Waals surface area contributed by atoms with Crippen LogP contribution in [-0.2, 0) is 11.2 Å². The lowest BCUT2D eigenvalue weighted by Gasteiger charge is -2.08. The summed E-state index contributed by atoms with van der Waals surface area (Å²) in [6.45, 7) is 0. The zero-order valence-corrected chi connectivity index (χ0v) is 17.4. The Labute approximate surface area is 184 Å². The molecule has 0 spiro atoms. The Morgan fingerprint density at radius 1 is 1.10 bits per heavy atom. The van der Waals surface area contributed by atoms with Gasteiger partial charge in [-0.2, -0.15) is 0 Å². The molecule has 0 aliphatic carbocycles. The standard InChI is InChI=1S/C24H19ClN2O4/c1-30-17-12-11-16(20(28)14-17)13-21(29)26-24-22(18-9-5-6-10-19(18)25)27-23(31-24)15-7-3-2-4-8-15/h2-12,14,28H,13H2,1H3,(H,26,29). The van der Waals surface area contributed by atoms with E-state index in [1.54, 1.807) is 24.3 Å². The molecule has 6 nitrogen and oxygen atoms in total. The number of methoxy groups -OCH3 is 1. The maximum absolute atomic E-state index is 12.7. The molecule has 0 atom stereocenters. The summed E-state index contributed by atoms with van der Waals surface area (Å²) in [5, 5.41) is 13.4. The Morgan fingerprint density at radius 3 is 2.55 bits per heavy atom. The van der Waals surface area contributed by atoms with Crippen LogP contribution < -0.4 is 10.1 Å². The van der Waals surface area contributed by atoms with Gasteiger partial charge in [-0.25, -0.2) is 4.98 Å². The van der Waals surface area contributed by atoms with Crippen molar-refractivity contribution in [3.63, 3.8) is 0 Å². The van der Waals surface area contributed by atoms with Gasteiger partial charge in [0.05, 0.1) is 18.6 Å². The van der Waals surface area contributed by atoms with E-state index in [1.165, 1.54) is 13.2 Å². The van der Waals surface area contributed by atoms with Gasteiger partial charge in [-0.15, -0.1) is 0 Å². The molecule has 2 N–H and O–H groups in total. The molecule has 0 saturated carbocycles. The van der Waals surface area contributed by atoms with Crippen molar-refractivity contribution < 1.29 is 19.1 Å². The zero-order valence-electron chi connectivity index (χ0n) is 16.6. The molecule has 31 heavy (non-hydrogen) atoms. The van der Waals surface area contributed by atoms with Crippen LogP contribution in [0.5, 0.6) is 11.5 Å². The normalized spacial score (nSPS) is 10.6. The van der Waals surface area contributed by atoms with Crippen molar-refractivity contribution in [3.05, 3.63) is 83.4 Å². The van der Waals surface area contributed by atoms with E-state index in [-0.39, 0.29) is 24.0 Å². The maximum Gasteiger partial charge on any atom is 0.231 e. The molecule has 156 valence electrons. The van der Waals surface area contributed by atoms with Crippen LogP contribution in [0.4, 0.5) is 5.88 Å². The summed E-state index contributed by atoms with van der Waals surface area (Å²) in [5.41, 5.74) is 2.29. The molecular weight excluding hydrogens is 416 g/mol. The molecule has 0 aliphatic rings. The molecule has 0 saturated heterocycles. The second-order valence-corrected chi connectivity index (χ2v) is 7.17. The van der Waals surface area contributed by atoms with Crippen molar-refractivity contribution >= 4 is 23.4 Å². The first-order chi connectivity index (χ1) is 15.0. The lowest BCUT2D eigenvalue weighted by Crippen LogP contribution is -2.14. The molecule has 0 fully saturated rings. The number of amides is 1. The fourth-order valence-corrected chi connectivity index (χ4v) is 3.33. The molecule has 4 rings (SSSR count). The molecule has 7 heteroatoms. The quantitative estimate of drug-likeness (QED) is 0.415. The van der Waals surface area contributed by atoms with E-state index in [0.29, 0.717) is 33.5 Å². The van der Waals surface area contributed by atoms with Crippen LogP contribution >= 0.6 is 11.6 Å². The Bertz CT molecular complexity index is 1220. The van der Waals surface area contributed by atoms with E-state index in [4.69, 9.17) is 20.8 Å². The minimum absolute atomic E-state index is 0.0247. The number of halogens is 1. The fourth-order valence-electron chi connectivity index (χ4n) is 3.11. The summed E-state index contributed by atoms with van der Waals surface area (Å²) in [6, 6.07) is 21.3. The molecule has 1 aromatic heterocycles. The number of carbonyl (C=O) groups excluding carboxylic acids is 1. The second-order valence-electron chi connectivity index (χ2n) is 6.76. The maximum atomic E-state index is 12.7. The average Bonchev–Trinajstić information content (AvgIpc) is 3.19. The number of rotatable bonds is 6. The van der Waals surface area contributed by atoms with Gasteiger partial charge < -0.3 is 14.3 Å². The van der Waals surface area contributed by atoms with Gasteiger partial charge in [-0.3, -0.25) is 10.1 Å². The number of nitrogens with zero attached hydrogens (tertiary/aromatic N) is 1. The number of hydrogen-bond acceptors (Lipinski definition) is 5. The number of aromatic hydroxyl groups is 1. The van der Waals surface area contributed by atoms with Crippen molar-refractivity contribution in [3.8, 4) is 34.2 Å². The summed E-state index contributed by atoms with van der Waals surface area (Å²) in [5.74, 6) is 0.654. The SMILES string of the molecule is COc1ccc(CC(=O)Nc2oc(-c3ccccc3)nc2-c2ccccc2Cl)c(O)c1. The number of carbonyl (C=O) groups is 1. The largest absolute Gasteiger partial charge is 0.508 e. The number of anilines is 1. The van der Waals surface area contributed by atoms with E-state index < -0.39 is 0 Å². The first kappa shape index (κ1) is 20.5. The van der Waals surface area contributed by atoms with Gasteiger partial charge in [-0.1, -0.05) is 54.1 Å². The number of phenolic OH excluding ortho intramolecular Hbond substituents is 1. The third kappa shape index (κ3) is 4.54. The van der Waals surface area contributed by atoms with Crippen molar-refractivity contribution in [2.45, 2.75) is 6.42 Å². The minimum Gasteiger partial charge on any atom is -0.508 e. The van der Waals surface area contributed by atoms with Crippen molar-refractivity contribution in [2.75, 3.05) is 12.4 Å². The summed E-state index contributed by atoms with van der Waals surface area (Å²) >= 11 is 6.36. The highest BCUT2D eigenvalue weighted by molar-refractivity contribution is 6.33. The Balaban J connectivity index is 1.66. The molecule has 1 heterocycles. The monoisotopic (exact) mass is 434 g/mol. The van der Waals surface area contributed by atoms with Gasteiger partial charge in [0.15, 0.2) is 0 Å². The smallest absolute Gasteiger partial charge is 0.231 e. The van der Waals surface area contributed by atoms with Crippen LogP contribution in [0.3, 0.4) is 0 Å². The number of oxazole rings is 1. The van der Waals surface area contributed by atoms with Crippen LogP contribution in [0.15, 0.2) is 77.2 Å². The summed E-state index contributed by atoms with van der Waals surface area (Å²) in [4.78, 5) is 17.3. The van der Waals surface area contributed by atoms with Crippen molar-refractivity contribution in [1.82, 2.24) is 4.98 Å². The first-order valence-corrected chi connectivity index (χ1v) is 9.90. The number of aromatic nitrogens is 1. The van der Waals surface area contributed by atoms with E-state index in [9.17, 15) is 9.90 Å². The summed E-state index contributed by atoms with van der Waals surface area (Å²) < 4.78 is 11.0. The molecule has 0 aliphatic heterocycles. The van der Waals surface area contributed by atoms with Gasteiger partial charge in [-0.05, 0) is 24.3 Å². The predicted octanol–water partition coefficient (Wildman–Crippen LogP) is 5.56. The third-order valence-electron chi connectivity index (χ3n) is 4.67. The number of hydrogen-bond donors (Lipinski definition) is 2. The zero-order chi connectivity index (χ0) is 21.8. The van der Waals surface area contributed by atoms with Gasteiger partial charge in [0.1, 0.15) is 17.2 Å². The highest BCUT2D eigenvalue weighted by Gasteiger charge is 2.20. The molecule has 0 unspecified atom stereocenters. The summed E-state index contributed by atoms with van der Waals surface area (Å²) in [7, 11) is 1.51. The van der Waals surface area contributed by atoms with Crippen LogP contribution in [0.25, 0.3) is 22.7 Å². The van der Waals surface area contributed by atoms with Crippen LogP contribution in [-0.4, -0.2) is 23.1 Å². The second kappa shape index (κ2) is 8.93. The Hall–Kier alpha value is -3.77. The lowest BCUT2D eigenvalue weighted by atomic mass is 10.1. The molecule has 4 aromatic rings. The molecule has 0 bridgehead atoms. The van der Waals surface area contributed by atoms with Gasteiger partial charge >= 0.3 is 0 Å². The molecule has 0 radical (unpaired) electrons. The van der Waals surface area contributed by atoms with E-state index in [1.807, 2.05) is 42.5 Å². The van der Waals surface area contributed by atoms with Crippen LogP contribution in [0.2, 0.25) is 5.02 Å². The van der Waals surface area contributed by atoms with Gasteiger partial charge in [0.2, 0.25) is 17.7 Å². The topological polar surface area (TPSA) is 84.6 Å². The Morgan fingerprint density at radius 2 is 1.84 bits per heavy atom. The van der Waals surface area contributed by atoms with Crippen LogP contribution in [0.1, 0.15) is 5.56 Å². The Kier molecular flexibility index (Phi) is 5.91. The highest BCUT2D eigenvalue weighted by atomic mass is 35.5. The van der Waals surface area contributed by atoms with Crippen LogP contribution in [0, 0.1) is 0 Å². The fraction of sp³-hybridized carbons (Fsp3) is 0.0833. The van der Waals surface area contributed by atoms with E-state index >= 15 is 0 Å². The number of nitrogens with one attached hydrogen (secondary N) is 1. The molecule has 1 amide bonds. The number of phenols is 1. The first-order valence-electron chi connectivity index (χ1n) is 9.52. The number of benzene rings is 3. The highest BCUT2D eigenvalue weighted by Crippen LogP contribution is 2.36. The van der Waals surface area contributed by atoms with Gasteiger partial charge in [0.25, 0.3) is 0 Å². The number of ether oxygens (including phenoxy) is 1. The predicted molar refractivity (Wildman–Crippen MR) is 119 cm³/mol. The molecule has 3 aromatic carbocycles. The lowest BCUT2D eigenvalue weighted by molar-refractivity contribution is -0.115. The third-order valence-corrected chi connectivity index (χ3v) is 5.00. The van der Waals surface area contributed by atoms with Gasteiger partial charge in [0, 0.05) is 22.8 Å². The van der Waals surface area contributed by atoms with E-state index in [0.717, 1.165) is 5.56 Å². The average molecular weight is 435 g/mol. The van der Waals surface area contributed by atoms with Crippen molar-refractivity contribution in [1.29, 1.82) is 0 Å². The summed E-state index contributed by atoms with van der Waals surface area (Å²) in [6.07, 6.45) is -0.0564. The minimum atomic E-state index is -0.371. The molecular formula is C24H19ClN2O4.